The Morgan fingerprint density at radius 2 is 1.55 bits per heavy atom. The number of rotatable bonds is 3. The Balaban J connectivity index is 2.07. The van der Waals surface area contributed by atoms with Crippen molar-refractivity contribution in [3.8, 4) is 11.7 Å². The molecule has 0 radical (unpaired) electrons. The maximum atomic E-state index is 10.9. The predicted octanol–water partition coefficient (Wildman–Crippen LogP) is 4.26. The highest BCUT2D eigenvalue weighted by atomic mass is 16.3. The van der Waals surface area contributed by atoms with Crippen molar-refractivity contribution in [2.24, 2.45) is 5.10 Å². The van der Waals surface area contributed by atoms with Gasteiger partial charge in [0.25, 0.3) is 5.95 Å². The van der Waals surface area contributed by atoms with Crippen LogP contribution in [0.5, 0.6) is 5.75 Å². The van der Waals surface area contributed by atoms with Crippen molar-refractivity contribution in [3.63, 3.8) is 0 Å². The van der Waals surface area contributed by atoms with Crippen molar-refractivity contribution in [3.05, 3.63) is 52.6 Å². The number of aromatic nitrogens is 5. The van der Waals surface area contributed by atoms with Gasteiger partial charge in [-0.25, -0.2) is 4.68 Å². The zero-order valence-corrected chi connectivity index (χ0v) is 18.5. The molecule has 0 aliphatic carbocycles. The topological polar surface area (TPSA) is 81.1 Å². The van der Waals surface area contributed by atoms with Gasteiger partial charge in [0.1, 0.15) is 12.1 Å². The molecule has 0 aliphatic heterocycles. The van der Waals surface area contributed by atoms with Crippen molar-refractivity contribution in [2.75, 3.05) is 0 Å². The van der Waals surface area contributed by atoms with E-state index in [4.69, 9.17) is 0 Å². The fourth-order valence-corrected chi connectivity index (χ4v) is 3.28. The van der Waals surface area contributed by atoms with Gasteiger partial charge in [-0.1, -0.05) is 41.5 Å². The maximum absolute atomic E-state index is 10.9. The molecule has 0 amide bonds. The van der Waals surface area contributed by atoms with Gasteiger partial charge in [-0.3, -0.25) is 0 Å². The Hall–Kier alpha value is -2.96. The summed E-state index contributed by atoms with van der Waals surface area (Å²) in [7, 11) is 0. The highest BCUT2D eigenvalue weighted by Crippen LogP contribution is 2.39. The Morgan fingerprint density at radius 1 is 0.966 bits per heavy atom. The second-order valence-electron chi connectivity index (χ2n) is 9.52. The van der Waals surface area contributed by atoms with Crippen LogP contribution >= 0.6 is 0 Å². The molecular weight excluding hydrogens is 364 g/mol. The average molecular weight is 395 g/mol. The van der Waals surface area contributed by atoms with Crippen LogP contribution in [0.25, 0.3) is 5.95 Å². The molecule has 0 fully saturated rings. The Labute approximate surface area is 172 Å². The zero-order valence-electron chi connectivity index (χ0n) is 18.5. The number of hydrogen-bond donors (Lipinski definition) is 1. The van der Waals surface area contributed by atoms with Gasteiger partial charge in [-0.15, -0.1) is 10.2 Å². The van der Waals surface area contributed by atoms with E-state index in [-0.39, 0.29) is 10.8 Å². The van der Waals surface area contributed by atoms with Crippen LogP contribution in [-0.2, 0) is 10.8 Å². The lowest BCUT2D eigenvalue weighted by Crippen LogP contribution is -2.18. The van der Waals surface area contributed by atoms with Crippen molar-refractivity contribution < 1.29 is 5.11 Å². The van der Waals surface area contributed by atoms with Gasteiger partial charge in [-0.2, -0.15) is 14.9 Å². The number of phenols is 1. The first-order chi connectivity index (χ1) is 13.4. The molecule has 154 valence electrons. The van der Waals surface area contributed by atoms with E-state index in [1.807, 2.05) is 32.0 Å². The molecule has 0 atom stereocenters. The molecule has 1 N–H and O–H groups in total. The van der Waals surface area contributed by atoms with Gasteiger partial charge in [-0.05, 0) is 48.4 Å². The molecule has 0 saturated heterocycles. The van der Waals surface area contributed by atoms with Gasteiger partial charge < -0.3 is 5.11 Å². The van der Waals surface area contributed by atoms with E-state index < -0.39 is 0 Å². The molecule has 2 aromatic heterocycles. The standard InChI is InChI=1S/C22H30N6O/c1-14-9-15(2)28(26-14)20-25-23-13-27(20)24-12-16-10-17(21(3,4)5)19(29)18(11-16)22(6,7)8/h9-13,29H,1-8H3/b24-12+. The van der Waals surface area contributed by atoms with Gasteiger partial charge in [0.2, 0.25) is 0 Å². The summed E-state index contributed by atoms with van der Waals surface area (Å²) >= 11 is 0. The van der Waals surface area contributed by atoms with E-state index in [9.17, 15) is 5.11 Å². The van der Waals surface area contributed by atoms with Crippen molar-refractivity contribution in [1.29, 1.82) is 0 Å². The quantitative estimate of drug-likeness (QED) is 0.673. The molecule has 1 aromatic carbocycles. The van der Waals surface area contributed by atoms with E-state index in [0.717, 1.165) is 28.1 Å². The van der Waals surface area contributed by atoms with E-state index in [0.29, 0.717) is 11.7 Å². The number of nitrogens with zero attached hydrogens (tertiary/aromatic N) is 6. The lowest BCUT2D eigenvalue weighted by molar-refractivity contribution is 0.423. The van der Waals surface area contributed by atoms with Crippen LogP contribution in [0.4, 0.5) is 0 Å². The molecule has 29 heavy (non-hydrogen) atoms. The van der Waals surface area contributed by atoms with E-state index in [2.05, 4.69) is 61.9 Å². The first-order valence-corrected chi connectivity index (χ1v) is 9.74. The van der Waals surface area contributed by atoms with Crippen LogP contribution in [0.3, 0.4) is 0 Å². The van der Waals surface area contributed by atoms with Gasteiger partial charge in [0, 0.05) is 16.8 Å². The maximum Gasteiger partial charge on any atom is 0.273 e. The minimum Gasteiger partial charge on any atom is -0.507 e. The van der Waals surface area contributed by atoms with Crippen molar-refractivity contribution >= 4 is 6.21 Å². The molecule has 0 bridgehead atoms. The third kappa shape index (κ3) is 4.23. The molecule has 7 heteroatoms. The number of hydrogen-bond acceptors (Lipinski definition) is 5. The smallest absolute Gasteiger partial charge is 0.273 e. The van der Waals surface area contributed by atoms with Crippen LogP contribution in [0.2, 0.25) is 0 Å². The Kier molecular flexibility index (Phi) is 5.11. The van der Waals surface area contributed by atoms with Crippen LogP contribution in [0.1, 0.15) is 69.6 Å². The molecule has 0 spiro atoms. The summed E-state index contributed by atoms with van der Waals surface area (Å²) in [4.78, 5) is 0. The number of aryl methyl sites for hydroxylation is 2. The van der Waals surface area contributed by atoms with Crippen LogP contribution < -0.4 is 0 Å². The molecule has 2 heterocycles. The summed E-state index contributed by atoms with van der Waals surface area (Å²) in [5, 5.41) is 28.1. The summed E-state index contributed by atoms with van der Waals surface area (Å²) < 4.78 is 3.32. The lowest BCUT2D eigenvalue weighted by Gasteiger charge is -2.27. The highest BCUT2D eigenvalue weighted by Gasteiger charge is 2.26. The summed E-state index contributed by atoms with van der Waals surface area (Å²) in [5.74, 6) is 0.882. The summed E-state index contributed by atoms with van der Waals surface area (Å²) in [6.07, 6.45) is 3.32. The van der Waals surface area contributed by atoms with Crippen molar-refractivity contribution in [2.45, 2.75) is 66.2 Å². The Morgan fingerprint density at radius 3 is 2.03 bits per heavy atom. The minimum absolute atomic E-state index is 0.195. The second kappa shape index (κ2) is 7.13. The Bertz CT molecular complexity index is 1020. The number of aromatic hydroxyl groups is 1. The molecule has 0 saturated carbocycles. The van der Waals surface area contributed by atoms with Crippen molar-refractivity contribution in [1.82, 2.24) is 24.7 Å². The third-order valence-electron chi connectivity index (χ3n) is 4.79. The second-order valence-corrected chi connectivity index (χ2v) is 9.52. The fourth-order valence-electron chi connectivity index (χ4n) is 3.28. The zero-order chi connectivity index (χ0) is 21.6. The molecule has 0 aliphatic rings. The molecule has 0 unspecified atom stereocenters. The first-order valence-electron chi connectivity index (χ1n) is 9.74. The summed E-state index contributed by atoms with van der Waals surface area (Å²) in [5.41, 5.74) is 4.18. The minimum atomic E-state index is -0.195. The van der Waals surface area contributed by atoms with Gasteiger partial charge in [0.05, 0.1) is 11.9 Å². The summed E-state index contributed by atoms with van der Waals surface area (Å²) in [6, 6.07) is 5.96. The van der Waals surface area contributed by atoms with E-state index in [1.165, 1.54) is 0 Å². The molecular formula is C22H30N6O. The average Bonchev–Trinajstić information content (AvgIpc) is 3.17. The van der Waals surface area contributed by atoms with Gasteiger partial charge >= 0.3 is 0 Å². The predicted molar refractivity (Wildman–Crippen MR) is 115 cm³/mol. The summed E-state index contributed by atoms with van der Waals surface area (Å²) in [6.45, 7) is 16.5. The number of benzene rings is 1. The molecule has 3 rings (SSSR count). The van der Waals surface area contributed by atoms with Crippen LogP contribution in [0, 0.1) is 13.8 Å². The normalized spacial score (nSPS) is 12.8. The highest BCUT2D eigenvalue weighted by molar-refractivity contribution is 5.81. The first kappa shape index (κ1) is 20.8. The SMILES string of the molecule is Cc1cc(C)n(-c2nncn2/N=C/c2cc(C(C)(C)C)c(O)c(C(C)(C)C)c2)n1. The monoisotopic (exact) mass is 394 g/mol. The van der Waals surface area contributed by atoms with E-state index in [1.54, 1.807) is 21.9 Å². The molecule has 7 nitrogen and oxygen atoms in total. The van der Waals surface area contributed by atoms with Crippen LogP contribution in [-0.4, -0.2) is 36.0 Å². The largest absolute Gasteiger partial charge is 0.507 e. The van der Waals surface area contributed by atoms with E-state index >= 15 is 0 Å². The fraction of sp³-hybridized carbons (Fsp3) is 0.455. The number of phenolic OH excluding ortho intramolecular Hbond substituents is 1. The van der Waals surface area contributed by atoms with Gasteiger partial charge in [0.15, 0.2) is 0 Å². The third-order valence-corrected chi connectivity index (χ3v) is 4.79. The lowest BCUT2D eigenvalue weighted by atomic mass is 9.78. The van der Waals surface area contributed by atoms with Crippen LogP contribution in [0.15, 0.2) is 29.6 Å². The molecule has 3 aromatic rings.